The lowest BCUT2D eigenvalue weighted by atomic mass is 9.48. The standard InChI is InChI=1S/C17H26O/c1-15(2)11-12-13(9-8-10-14(12)18-7)16(3,4)17(15,5)6/h9-11H,8H2,1-7H3. The molecule has 0 spiro atoms. The molecule has 0 bridgehead atoms. The summed E-state index contributed by atoms with van der Waals surface area (Å²) in [6, 6.07) is 0. The zero-order chi connectivity index (χ0) is 13.8. The smallest absolute Gasteiger partial charge is 0.122 e. The van der Waals surface area contributed by atoms with Crippen molar-refractivity contribution in [2.24, 2.45) is 16.2 Å². The maximum atomic E-state index is 5.57. The van der Waals surface area contributed by atoms with E-state index in [1.165, 1.54) is 11.1 Å². The number of methoxy groups -OCH3 is 1. The Hall–Kier alpha value is -0.980. The lowest BCUT2D eigenvalue weighted by Gasteiger charge is -2.56. The van der Waals surface area contributed by atoms with E-state index in [2.05, 4.69) is 59.8 Å². The van der Waals surface area contributed by atoms with Gasteiger partial charge in [-0.1, -0.05) is 53.7 Å². The van der Waals surface area contributed by atoms with E-state index in [1.807, 2.05) is 0 Å². The third-order valence-corrected chi connectivity index (χ3v) is 5.75. The molecule has 0 saturated carbocycles. The molecule has 0 amide bonds. The number of hydrogen-bond donors (Lipinski definition) is 0. The molecule has 0 aromatic rings. The van der Waals surface area contributed by atoms with Gasteiger partial charge in [-0.25, -0.2) is 0 Å². The van der Waals surface area contributed by atoms with Crippen molar-refractivity contribution >= 4 is 0 Å². The molecule has 0 unspecified atom stereocenters. The zero-order valence-corrected chi connectivity index (χ0v) is 12.8. The van der Waals surface area contributed by atoms with E-state index < -0.39 is 0 Å². The fourth-order valence-electron chi connectivity index (χ4n) is 3.25. The van der Waals surface area contributed by atoms with Crippen LogP contribution in [-0.4, -0.2) is 7.11 Å². The predicted molar refractivity (Wildman–Crippen MR) is 77.2 cm³/mol. The quantitative estimate of drug-likeness (QED) is 0.641. The van der Waals surface area contributed by atoms with E-state index in [1.54, 1.807) is 7.11 Å². The van der Waals surface area contributed by atoms with Crippen molar-refractivity contribution in [3.63, 3.8) is 0 Å². The van der Waals surface area contributed by atoms with Crippen LogP contribution in [0.1, 0.15) is 48.0 Å². The van der Waals surface area contributed by atoms with Gasteiger partial charge in [0.25, 0.3) is 0 Å². The first-order valence-corrected chi connectivity index (χ1v) is 6.83. The highest BCUT2D eigenvalue weighted by Gasteiger charge is 2.53. The van der Waals surface area contributed by atoms with Crippen LogP contribution in [0.5, 0.6) is 0 Å². The van der Waals surface area contributed by atoms with Crippen molar-refractivity contribution in [1.82, 2.24) is 0 Å². The molecule has 0 aromatic heterocycles. The Morgan fingerprint density at radius 2 is 1.61 bits per heavy atom. The molecular formula is C17H26O. The van der Waals surface area contributed by atoms with Crippen LogP contribution in [0.2, 0.25) is 0 Å². The van der Waals surface area contributed by atoms with Crippen LogP contribution in [0.3, 0.4) is 0 Å². The van der Waals surface area contributed by atoms with Gasteiger partial charge in [0.15, 0.2) is 0 Å². The van der Waals surface area contributed by atoms with Crippen LogP contribution < -0.4 is 0 Å². The lowest BCUT2D eigenvalue weighted by molar-refractivity contribution is 0.0290. The van der Waals surface area contributed by atoms with Crippen molar-refractivity contribution < 1.29 is 4.74 Å². The van der Waals surface area contributed by atoms with Crippen LogP contribution in [0, 0.1) is 16.2 Å². The van der Waals surface area contributed by atoms with E-state index in [-0.39, 0.29) is 16.2 Å². The van der Waals surface area contributed by atoms with E-state index >= 15 is 0 Å². The van der Waals surface area contributed by atoms with Gasteiger partial charge in [-0.3, -0.25) is 0 Å². The molecule has 0 atom stereocenters. The van der Waals surface area contributed by atoms with Gasteiger partial charge >= 0.3 is 0 Å². The van der Waals surface area contributed by atoms with Gasteiger partial charge < -0.3 is 4.74 Å². The van der Waals surface area contributed by atoms with E-state index in [9.17, 15) is 0 Å². The van der Waals surface area contributed by atoms with Crippen LogP contribution in [0.15, 0.2) is 35.1 Å². The van der Waals surface area contributed by atoms with Crippen LogP contribution in [-0.2, 0) is 4.74 Å². The fraction of sp³-hybridized carbons (Fsp3) is 0.647. The normalized spacial score (nSPS) is 27.6. The number of hydrogen-bond acceptors (Lipinski definition) is 1. The largest absolute Gasteiger partial charge is 0.496 e. The molecule has 2 rings (SSSR count). The fourth-order valence-corrected chi connectivity index (χ4v) is 3.25. The van der Waals surface area contributed by atoms with Crippen molar-refractivity contribution in [2.75, 3.05) is 7.11 Å². The summed E-state index contributed by atoms with van der Waals surface area (Å²) in [7, 11) is 1.77. The first-order chi connectivity index (χ1) is 8.15. The molecule has 2 aliphatic rings. The molecule has 1 heteroatoms. The van der Waals surface area contributed by atoms with Crippen molar-refractivity contribution in [2.45, 2.75) is 48.0 Å². The van der Waals surface area contributed by atoms with E-state index in [0.29, 0.717) is 0 Å². The Morgan fingerprint density at radius 1 is 1.00 bits per heavy atom. The Bertz CT molecular complexity index is 456. The summed E-state index contributed by atoms with van der Waals surface area (Å²) in [4.78, 5) is 0. The Morgan fingerprint density at radius 3 is 2.17 bits per heavy atom. The van der Waals surface area contributed by atoms with Gasteiger partial charge in [0.05, 0.1) is 7.11 Å². The van der Waals surface area contributed by atoms with Gasteiger partial charge in [0.1, 0.15) is 5.76 Å². The second-order valence-electron chi connectivity index (χ2n) is 7.16. The molecular weight excluding hydrogens is 220 g/mol. The molecule has 2 aliphatic carbocycles. The third-order valence-electron chi connectivity index (χ3n) is 5.75. The van der Waals surface area contributed by atoms with E-state index in [0.717, 1.165) is 12.2 Å². The lowest BCUT2D eigenvalue weighted by Crippen LogP contribution is -2.48. The van der Waals surface area contributed by atoms with Gasteiger partial charge in [0.2, 0.25) is 0 Å². The highest BCUT2D eigenvalue weighted by Crippen LogP contribution is 2.61. The summed E-state index contributed by atoms with van der Waals surface area (Å²) in [5, 5.41) is 0. The molecule has 0 radical (unpaired) electrons. The highest BCUT2D eigenvalue weighted by molar-refractivity contribution is 5.54. The Labute approximate surface area is 112 Å². The molecule has 0 N–H and O–H groups in total. The molecule has 0 saturated heterocycles. The summed E-state index contributed by atoms with van der Waals surface area (Å²) in [6.07, 6.45) is 7.93. The van der Waals surface area contributed by atoms with Crippen LogP contribution in [0.25, 0.3) is 0 Å². The summed E-state index contributed by atoms with van der Waals surface area (Å²) in [5.74, 6) is 1.05. The van der Waals surface area contributed by atoms with Gasteiger partial charge in [-0.2, -0.15) is 0 Å². The third kappa shape index (κ3) is 1.52. The van der Waals surface area contributed by atoms with Crippen molar-refractivity contribution in [3.8, 4) is 0 Å². The molecule has 100 valence electrons. The van der Waals surface area contributed by atoms with Gasteiger partial charge in [-0.15, -0.1) is 0 Å². The van der Waals surface area contributed by atoms with Crippen molar-refractivity contribution in [3.05, 3.63) is 35.1 Å². The molecule has 18 heavy (non-hydrogen) atoms. The van der Waals surface area contributed by atoms with E-state index in [4.69, 9.17) is 4.74 Å². The summed E-state index contributed by atoms with van der Waals surface area (Å²) >= 11 is 0. The Kier molecular flexibility index (Phi) is 2.81. The van der Waals surface area contributed by atoms with Gasteiger partial charge in [0, 0.05) is 5.57 Å². The van der Waals surface area contributed by atoms with Crippen LogP contribution >= 0.6 is 0 Å². The molecule has 0 aliphatic heterocycles. The average molecular weight is 246 g/mol. The van der Waals surface area contributed by atoms with Crippen molar-refractivity contribution in [1.29, 1.82) is 0 Å². The minimum Gasteiger partial charge on any atom is -0.496 e. The number of allylic oxidation sites excluding steroid dienone is 4. The number of ether oxygens (including phenoxy) is 1. The Balaban J connectivity index is 2.66. The maximum absolute atomic E-state index is 5.57. The summed E-state index contributed by atoms with van der Waals surface area (Å²) < 4.78 is 5.57. The average Bonchev–Trinajstić information content (AvgIpc) is 2.26. The minimum atomic E-state index is 0.151. The minimum absolute atomic E-state index is 0.151. The second kappa shape index (κ2) is 3.76. The number of fused-ring (bicyclic) bond motifs is 1. The molecule has 0 heterocycles. The topological polar surface area (TPSA) is 9.23 Å². The molecule has 0 fully saturated rings. The zero-order valence-electron chi connectivity index (χ0n) is 12.8. The molecule has 1 nitrogen and oxygen atoms in total. The van der Waals surface area contributed by atoms with Gasteiger partial charge in [-0.05, 0) is 34.3 Å². The SMILES string of the molecule is COC1=CCC=C2C1=CC(C)(C)C(C)(C)C2(C)C. The first-order valence-electron chi connectivity index (χ1n) is 6.83. The second-order valence-corrected chi connectivity index (χ2v) is 7.16. The summed E-state index contributed by atoms with van der Waals surface area (Å²) in [6.45, 7) is 14.2. The first kappa shape index (κ1) is 13.5. The highest BCUT2D eigenvalue weighted by atomic mass is 16.5. The summed E-state index contributed by atoms with van der Waals surface area (Å²) in [5.41, 5.74) is 3.27. The predicted octanol–water partition coefficient (Wildman–Crippen LogP) is 4.87. The number of rotatable bonds is 1. The monoisotopic (exact) mass is 246 g/mol. The molecule has 0 aromatic carbocycles. The maximum Gasteiger partial charge on any atom is 0.122 e. The van der Waals surface area contributed by atoms with Crippen LogP contribution in [0.4, 0.5) is 0 Å².